The quantitative estimate of drug-likeness (QED) is 0.650. The number of hydrogen-bond acceptors (Lipinski definition) is 3. The Morgan fingerprint density at radius 3 is 2.77 bits per heavy atom. The maximum Gasteiger partial charge on any atom is 0.173 e. The van der Waals surface area contributed by atoms with E-state index >= 15 is 0 Å². The van der Waals surface area contributed by atoms with Gasteiger partial charge in [0.1, 0.15) is 0 Å². The molecule has 136 valence electrons. The standard InChI is InChI=1S/C17H18Cl2N6S/c1-23(11-15-5-6-20-24(15)2)17(26)22-14-8-21-25(10-14)9-12-3-4-13(18)7-16(12)19/h3-8,10H,9,11H2,1-2H3,(H,22,26). The van der Waals surface area contributed by atoms with Crippen molar-refractivity contribution in [3.63, 3.8) is 0 Å². The van der Waals surface area contributed by atoms with Crippen LogP contribution in [-0.2, 0) is 20.1 Å². The Bertz CT molecular complexity index is 920. The summed E-state index contributed by atoms with van der Waals surface area (Å²) in [6, 6.07) is 7.40. The second-order valence-corrected chi connectivity index (χ2v) is 7.13. The first-order valence-electron chi connectivity index (χ1n) is 7.88. The van der Waals surface area contributed by atoms with Crippen molar-refractivity contribution in [3.05, 3.63) is 64.2 Å². The number of thiocarbonyl (C=S) groups is 1. The molecule has 3 aromatic rings. The summed E-state index contributed by atoms with van der Waals surface area (Å²) in [5.74, 6) is 0. The van der Waals surface area contributed by atoms with Gasteiger partial charge in [0.05, 0.1) is 30.7 Å². The minimum atomic E-state index is 0.551. The molecule has 0 saturated heterocycles. The highest BCUT2D eigenvalue weighted by Crippen LogP contribution is 2.22. The molecule has 0 fully saturated rings. The monoisotopic (exact) mass is 408 g/mol. The Balaban J connectivity index is 1.60. The minimum Gasteiger partial charge on any atom is -0.346 e. The van der Waals surface area contributed by atoms with Crippen molar-refractivity contribution >= 4 is 46.2 Å². The highest BCUT2D eigenvalue weighted by atomic mass is 35.5. The van der Waals surface area contributed by atoms with Gasteiger partial charge in [-0.05, 0) is 36.0 Å². The van der Waals surface area contributed by atoms with Gasteiger partial charge in [0.2, 0.25) is 0 Å². The van der Waals surface area contributed by atoms with Gasteiger partial charge in [0, 0.05) is 36.5 Å². The summed E-state index contributed by atoms with van der Waals surface area (Å²) in [6.07, 6.45) is 5.38. The number of aromatic nitrogens is 4. The molecule has 0 spiro atoms. The van der Waals surface area contributed by atoms with Gasteiger partial charge >= 0.3 is 0 Å². The molecule has 0 aliphatic rings. The molecule has 9 heteroatoms. The lowest BCUT2D eigenvalue weighted by molar-refractivity contribution is 0.482. The Kier molecular flexibility index (Phi) is 5.80. The smallest absolute Gasteiger partial charge is 0.173 e. The summed E-state index contributed by atoms with van der Waals surface area (Å²) in [6.45, 7) is 1.21. The second-order valence-electron chi connectivity index (χ2n) is 5.89. The molecule has 3 rings (SSSR count). The van der Waals surface area contributed by atoms with Crippen LogP contribution in [0.2, 0.25) is 10.0 Å². The molecule has 0 amide bonds. The van der Waals surface area contributed by atoms with Gasteiger partial charge in [-0.1, -0.05) is 29.3 Å². The third-order valence-electron chi connectivity index (χ3n) is 3.90. The molecule has 2 heterocycles. The van der Waals surface area contributed by atoms with Gasteiger partial charge < -0.3 is 10.2 Å². The van der Waals surface area contributed by atoms with Crippen molar-refractivity contribution in [1.82, 2.24) is 24.5 Å². The number of anilines is 1. The molecule has 0 aliphatic carbocycles. The van der Waals surface area contributed by atoms with Crippen molar-refractivity contribution in [3.8, 4) is 0 Å². The highest BCUT2D eigenvalue weighted by Gasteiger charge is 2.10. The third-order valence-corrected chi connectivity index (χ3v) is 4.90. The van der Waals surface area contributed by atoms with Crippen molar-refractivity contribution in [1.29, 1.82) is 0 Å². The van der Waals surface area contributed by atoms with E-state index in [0.717, 1.165) is 16.9 Å². The van der Waals surface area contributed by atoms with Crippen LogP contribution in [0.25, 0.3) is 0 Å². The normalized spacial score (nSPS) is 10.8. The minimum absolute atomic E-state index is 0.551. The Labute approximate surface area is 167 Å². The van der Waals surface area contributed by atoms with Gasteiger partial charge in [0.25, 0.3) is 0 Å². The van der Waals surface area contributed by atoms with Gasteiger partial charge in [-0.2, -0.15) is 10.2 Å². The fourth-order valence-electron chi connectivity index (χ4n) is 2.43. The molecule has 6 nitrogen and oxygen atoms in total. The Hall–Kier alpha value is -2.09. The van der Waals surface area contributed by atoms with Crippen molar-refractivity contribution < 1.29 is 0 Å². The van der Waals surface area contributed by atoms with Crippen LogP contribution in [0.3, 0.4) is 0 Å². The summed E-state index contributed by atoms with van der Waals surface area (Å²) in [7, 11) is 3.84. The molecule has 26 heavy (non-hydrogen) atoms. The zero-order valence-corrected chi connectivity index (χ0v) is 16.7. The van der Waals surface area contributed by atoms with Crippen LogP contribution < -0.4 is 5.32 Å². The van der Waals surface area contributed by atoms with Crippen LogP contribution in [-0.4, -0.2) is 36.6 Å². The van der Waals surface area contributed by atoms with E-state index in [1.54, 1.807) is 23.1 Å². The van der Waals surface area contributed by atoms with E-state index in [1.807, 2.05) is 48.1 Å². The van der Waals surface area contributed by atoms with Gasteiger partial charge in [-0.25, -0.2) is 0 Å². The first kappa shape index (κ1) is 18.7. The van der Waals surface area contributed by atoms with E-state index in [-0.39, 0.29) is 0 Å². The number of aryl methyl sites for hydroxylation is 1. The molecule has 0 atom stereocenters. The second kappa shape index (κ2) is 8.07. The van der Waals surface area contributed by atoms with Crippen molar-refractivity contribution in [2.75, 3.05) is 12.4 Å². The first-order valence-corrected chi connectivity index (χ1v) is 9.04. The zero-order valence-electron chi connectivity index (χ0n) is 14.4. The molecule has 2 aromatic heterocycles. The van der Waals surface area contributed by atoms with Gasteiger partial charge in [0.15, 0.2) is 5.11 Å². The largest absolute Gasteiger partial charge is 0.346 e. The fraction of sp³-hybridized carbons (Fsp3) is 0.235. The summed E-state index contributed by atoms with van der Waals surface area (Å²) in [5, 5.41) is 13.5. The van der Waals surface area contributed by atoms with E-state index in [4.69, 9.17) is 35.4 Å². The summed E-state index contributed by atoms with van der Waals surface area (Å²) in [5.41, 5.74) is 2.84. The number of nitrogens with zero attached hydrogens (tertiary/aromatic N) is 5. The van der Waals surface area contributed by atoms with Crippen molar-refractivity contribution in [2.24, 2.45) is 7.05 Å². The van der Waals surface area contributed by atoms with Gasteiger partial charge in [-0.15, -0.1) is 0 Å². The number of nitrogens with one attached hydrogen (secondary N) is 1. The lowest BCUT2D eigenvalue weighted by atomic mass is 10.2. The van der Waals surface area contributed by atoms with Crippen LogP contribution in [0.1, 0.15) is 11.3 Å². The summed E-state index contributed by atoms with van der Waals surface area (Å²) >= 11 is 17.6. The lowest BCUT2D eigenvalue weighted by Crippen LogP contribution is -2.31. The van der Waals surface area contributed by atoms with E-state index in [2.05, 4.69) is 15.5 Å². The SMILES string of the molecule is CN(Cc1ccnn1C)C(=S)Nc1cnn(Cc2ccc(Cl)cc2Cl)c1. The topological polar surface area (TPSA) is 50.9 Å². The number of hydrogen-bond donors (Lipinski definition) is 1. The zero-order chi connectivity index (χ0) is 18.7. The van der Waals surface area contributed by atoms with E-state index in [9.17, 15) is 0 Å². The maximum atomic E-state index is 6.22. The highest BCUT2D eigenvalue weighted by molar-refractivity contribution is 7.80. The molecule has 0 bridgehead atoms. The predicted octanol–water partition coefficient (Wildman–Crippen LogP) is 3.80. The molecule has 0 unspecified atom stereocenters. The average Bonchev–Trinajstić information content (AvgIpc) is 3.19. The van der Waals surface area contributed by atoms with Crippen molar-refractivity contribution in [2.45, 2.75) is 13.1 Å². The van der Waals surface area contributed by atoms with E-state index < -0.39 is 0 Å². The van der Waals surface area contributed by atoms with Crippen LogP contribution in [0.4, 0.5) is 5.69 Å². The molecule has 0 aliphatic heterocycles. The fourth-order valence-corrected chi connectivity index (χ4v) is 3.08. The molecule has 1 aromatic carbocycles. The predicted molar refractivity (Wildman–Crippen MR) is 109 cm³/mol. The Morgan fingerprint density at radius 2 is 2.08 bits per heavy atom. The average molecular weight is 409 g/mol. The molecular weight excluding hydrogens is 391 g/mol. The van der Waals surface area contributed by atoms with Crippen LogP contribution >= 0.6 is 35.4 Å². The molecular formula is C17H18Cl2N6S. The van der Waals surface area contributed by atoms with Crippen LogP contribution in [0.15, 0.2) is 42.9 Å². The van der Waals surface area contributed by atoms with Gasteiger partial charge in [-0.3, -0.25) is 9.36 Å². The Morgan fingerprint density at radius 1 is 1.27 bits per heavy atom. The molecule has 1 N–H and O–H groups in total. The van der Waals surface area contributed by atoms with Crippen LogP contribution in [0.5, 0.6) is 0 Å². The lowest BCUT2D eigenvalue weighted by Gasteiger charge is -2.20. The third kappa shape index (κ3) is 4.55. The molecule has 0 radical (unpaired) electrons. The number of halogens is 2. The van der Waals surface area contributed by atoms with Crippen LogP contribution in [0, 0.1) is 0 Å². The molecule has 0 saturated carbocycles. The maximum absolute atomic E-state index is 6.22. The first-order chi connectivity index (χ1) is 12.4. The van der Waals surface area contributed by atoms with E-state index in [0.29, 0.717) is 28.2 Å². The number of benzene rings is 1. The summed E-state index contributed by atoms with van der Waals surface area (Å²) < 4.78 is 3.62. The number of rotatable bonds is 5. The van der Waals surface area contributed by atoms with E-state index in [1.165, 1.54) is 0 Å². The summed E-state index contributed by atoms with van der Waals surface area (Å²) in [4.78, 5) is 1.94.